The van der Waals surface area contributed by atoms with Gasteiger partial charge < -0.3 is 23.8 Å². The van der Waals surface area contributed by atoms with E-state index in [0.717, 1.165) is 10.8 Å². The predicted molar refractivity (Wildman–Crippen MR) is 141 cm³/mol. The van der Waals surface area contributed by atoms with E-state index in [1.165, 1.54) is 12.0 Å². The molecule has 9 nitrogen and oxygen atoms in total. The Kier molecular flexibility index (Phi) is 6.50. The number of aliphatic hydroxyl groups excluding tert-OH is 1. The number of amides is 1. The van der Waals surface area contributed by atoms with Gasteiger partial charge in [-0.3, -0.25) is 14.5 Å². The number of carbonyl (C=O) groups is 2. The zero-order valence-corrected chi connectivity index (χ0v) is 21.3. The number of fused-ring (bicyclic) bond motifs is 1. The molecule has 0 aliphatic carbocycles. The van der Waals surface area contributed by atoms with Gasteiger partial charge in [0.25, 0.3) is 5.78 Å². The highest BCUT2D eigenvalue weighted by atomic mass is 16.5. The highest BCUT2D eigenvalue weighted by Gasteiger charge is 2.48. The van der Waals surface area contributed by atoms with Crippen molar-refractivity contribution in [3.05, 3.63) is 83.1 Å². The standard InChI is InChI=1S/C29H26N2O7/c1-5-37-22-11-9-19(15-23(22)36-4)26-25(28(33)29(34)31(26)24-12-16(2)38-30-24)27(32)20-7-6-18-14-21(35-3)10-8-17(18)13-20/h6-15,26,32H,5H2,1-4H3/b27-25+. The van der Waals surface area contributed by atoms with E-state index in [2.05, 4.69) is 5.16 Å². The van der Waals surface area contributed by atoms with Crippen molar-refractivity contribution in [1.29, 1.82) is 0 Å². The van der Waals surface area contributed by atoms with Crippen molar-refractivity contribution in [1.82, 2.24) is 5.16 Å². The molecular weight excluding hydrogens is 488 g/mol. The van der Waals surface area contributed by atoms with Gasteiger partial charge in [-0.2, -0.15) is 0 Å². The minimum Gasteiger partial charge on any atom is -0.507 e. The van der Waals surface area contributed by atoms with Crippen molar-refractivity contribution in [3.63, 3.8) is 0 Å². The quantitative estimate of drug-likeness (QED) is 0.204. The van der Waals surface area contributed by atoms with Gasteiger partial charge in [0.2, 0.25) is 0 Å². The molecular formula is C29H26N2O7. The minimum atomic E-state index is -0.990. The Morgan fingerprint density at radius 3 is 2.42 bits per heavy atom. The maximum absolute atomic E-state index is 13.4. The lowest BCUT2D eigenvalue weighted by atomic mass is 9.94. The number of nitrogens with zero attached hydrogens (tertiary/aromatic N) is 2. The normalized spacial score (nSPS) is 16.7. The van der Waals surface area contributed by atoms with Crippen LogP contribution in [0.4, 0.5) is 5.82 Å². The molecule has 9 heteroatoms. The fourth-order valence-corrected chi connectivity index (χ4v) is 4.63. The van der Waals surface area contributed by atoms with Gasteiger partial charge in [0.15, 0.2) is 17.3 Å². The van der Waals surface area contributed by atoms with E-state index < -0.39 is 17.7 Å². The van der Waals surface area contributed by atoms with Gasteiger partial charge in [0, 0.05) is 11.6 Å². The first-order valence-electron chi connectivity index (χ1n) is 12.0. The van der Waals surface area contributed by atoms with Gasteiger partial charge in [0.05, 0.1) is 32.4 Å². The molecule has 4 aromatic rings. The van der Waals surface area contributed by atoms with Crippen LogP contribution in [0.3, 0.4) is 0 Å². The zero-order chi connectivity index (χ0) is 27.0. The van der Waals surface area contributed by atoms with Crippen LogP contribution in [0.25, 0.3) is 16.5 Å². The number of aromatic nitrogens is 1. The number of anilines is 1. The van der Waals surface area contributed by atoms with Crippen molar-refractivity contribution >= 4 is 34.0 Å². The summed E-state index contributed by atoms with van der Waals surface area (Å²) in [5.74, 6) is 0.291. The predicted octanol–water partition coefficient (Wildman–Crippen LogP) is 5.18. The van der Waals surface area contributed by atoms with Crippen LogP contribution in [0.5, 0.6) is 17.2 Å². The summed E-state index contributed by atoms with van der Waals surface area (Å²) in [6.45, 7) is 3.97. The van der Waals surface area contributed by atoms with Crippen LogP contribution < -0.4 is 19.1 Å². The van der Waals surface area contributed by atoms with E-state index in [1.807, 2.05) is 31.2 Å². The molecule has 1 aromatic heterocycles. The number of carbonyl (C=O) groups excluding carboxylic acids is 2. The number of hydrogen-bond donors (Lipinski definition) is 1. The fourth-order valence-electron chi connectivity index (χ4n) is 4.63. The molecule has 0 saturated carbocycles. The molecule has 1 amide bonds. The highest BCUT2D eigenvalue weighted by Crippen LogP contribution is 2.44. The number of ether oxygens (including phenoxy) is 3. The third kappa shape index (κ3) is 4.21. The Morgan fingerprint density at radius 2 is 1.74 bits per heavy atom. The van der Waals surface area contributed by atoms with E-state index in [4.69, 9.17) is 18.7 Å². The van der Waals surface area contributed by atoms with Gasteiger partial charge in [0.1, 0.15) is 17.3 Å². The van der Waals surface area contributed by atoms with E-state index in [9.17, 15) is 14.7 Å². The molecule has 0 spiro atoms. The number of rotatable bonds is 7. The average Bonchev–Trinajstić information content (AvgIpc) is 3.47. The van der Waals surface area contributed by atoms with Crippen molar-refractivity contribution in [2.45, 2.75) is 19.9 Å². The third-order valence-corrected chi connectivity index (χ3v) is 6.43. The van der Waals surface area contributed by atoms with Crippen LogP contribution >= 0.6 is 0 Å². The maximum atomic E-state index is 13.4. The van der Waals surface area contributed by atoms with Crippen molar-refractivity contribution < 1.29 is 33.4 Å². The van der Waals surface area contributed by atoms with Crippen LogP contribution in [-0.2, 0) is 9.59 Å². The summed E-state index contributed by atoms with van der Waals surface area (Å²) >= 11 is 0. The average molecular weight is 515 g/mol. The monoisotopic (exact) mass is 514 g/mol. The number of ketones is 1. The zero-order valence-electron chi connectivity index (χ0n) is 21.3. The molecule has 5 rings (SSSR count). The third-order valence-electron chi connectivity index (χ3n) is 6.43. The molecule has 0 radical (unpaired) electrons. The summed E-state index contributed by atoms with van der Waals surface area (Å²) in [6.07, 6.45) is 0. The summed E-state index contributed by atoms with van der Waals surface area (Å²) in [6, 6.07) is 16.5. The largest absolute Gasteiger partial charge is 0.507 e. The maximum Gasteiger partial charge on any atom is 0.301 e. The molecule has 1 saturated heterocycles. The summed E-state index contributed by atoms with van der Waals surface area (Å²) in [7, 11) is 3.09. The van der Waals surface area contributed by atoms with Gasteiger partial charge in [-0.25, -0.2) is 0 Å². The molecule has 1 aliphatic heterocycles. The van der Waals surface area contributed by atoms with Crippen LogP contribution in [-0.4, -0.2) is 42.8 Å². The lowest BCUT2D eigenvalue weighted by Crippen LogP contribution is -2.29. The number of aliphatic hydroxyl groups is 1. The molecule has 0 bridgehead atoms. The second-order valence-electron chi connectivity index (χ2n) is 8.74. The summed E-state index contributed by atoms with van der Waals surface area (Å²) in [5.41, 5.74) is 0.840. The summed E-state index contributed by atoms with van der Waals surface area (Å²) < 4.78 is 21.6. The van der Waals surface area contributed by atoms with Crippen LogP contribution in [0.15, 0.2) is 70.8 Å². The topological polar surface area (TPSA) is 111 Å². The molecule has 38 heavy (non-hydrogen) atoms. The lowest BCUT2D eigenvalue weighted by molar-refractivity contribution is -0.132. The van der Waals surface area contributed by atoms with Gasteiger partial charge in [-0.15, -0.1) is 0 Å². The molecule has 2 heterocycles. The molecule has 3 aromatic carbocycles. The van der Waals surface area contributed by atoms with Gasteiger partial charge >= 0.3 is 5.91 Å². The van der Waals surface area contributed by atoms with E-state index >= 15 is 0 Å². The van der Waals surface area contributed by atoms with Crippen LogP contribution in [0, 0.1) is 6.92 Å². The Bertz CT molecular complexity index is 1590. The lowest BCUT2D eigenvalue weighted by Gasteiger charge is -2.23. The van der Waals surface area contributed by atoms with Crippen molar-refractivity contribution in [3.8, 4) is 17.2 Å². The second-order valence-corrected chi connectivity index (χ2v) is 8.74. The number of benzene rings is 3. The smallest absolute Gasteiger partial charge is 0.301 e. The van der Waals surface area contributed by atoms with Crippen LogP contribution in [0.2, 0.25) is 0 Å². The second kappa shape index (κ2) is 9.93. The van der Waals surface area contributed by atoms with Crippen LogP contribution in [0.1, 0.15) is 29.9 Å². The SMILES string of the molecule is CCOc1ccc(C2/C(=C(\O)c3ccc4cc(OC)ccc4c3)C(=O)C(=O)N2c2cc(C)on2)cc1OC. The van der Waals surface area contributed by atoms with E-state index in [0.29, 0.717) is 40.7 Å². The molecule has 1 N–H and O–H groups in total. The fraction of sp³-hybridized carbons (Fsp3) is 0.207. The van der Waals surface area contributed by atoms with E-state index in [1.54, 1.807) is 50.4 Å². The van der Waals surface area contributed by atoms with Crippen molar-refractivity contribution in [2.24, 2.45) is 0 Å². The summed E-state index contributed by atoms with van der Waals surface area (Å²) in [5, 5.41) is 17.2. The first kappa shape index (κ1) is 24.9. The number of methoxy groups -OCH3 is 2. The van der Waals surface area contributed by atoms with Gasteiger partial charge in [-0.1, -0.05) is 29.4 Å². The summed E-state index contributed by atoms with van der Waals surface area (Å²) in [4.78, 5) is 28.0. The van der Waals surface area contributed by atoms with Crippen molar-refractivity contribution in [2.75, 3.05) is 25.7 Å². The van der Waals surface area contributed by atoms with E-state index in [-0.39, 0.29) is 17.2 Å². The molecule has 1 atom stereocenters. The number of aryl methyl sites for hydroxylation is 1. The molecule has 1 fully saturated rings. The molecule has 194 valence electrons. The Labute approximate surface area is 218 Å². The molecule has 1 aliphatic rings. The number of Topliss-reactive ketones (excluding diaryl/α,β-unsaturated/α-hetero) is 1. The highest BCUT2D eigenvalue weighted by molar-refractivity contribution is 6.51. The Balaban J connectivity index is 1.70. The molecule has 1 unspecified atom stereocenters. The first-order chi connectivity index (χ1) is 18.4. The first-order valence-corrected chi connectivity index (χ1v) is 12.0. The Morgan fingerprint density at radius 1 is 0.974 bits per heavy atom. The van der Waals surface area contributed by atoms with Gasteiger partial charge in [-0.05, 0) is 60.5 Å². The number of hydrogen-bond acceptors (Lipinski definition) is 8. The Hall–Kier alpha value is -4.79. The minimum absolute atomic E-state index is 0.0743.